The van der Waals surface area contributed by atoms with Crippen molar-refractivity contribution < 1.29 is 8.42 Å². The van der Waals surface area contributed by atoms with Gasteiger partial charge in [-0.3, -0.25) is 4.72 Å². The van der Waals surface area contributed by atoms with E-state index in [1.165, 1.54) is 6.33 Å². The molecule has 8 nitrogen and oxygen atoms in total. The molecule has 0 aliphatic heterocycles. The van der Waals surface area contributed by atoms with E-state index >= 15 is 0 Å². The van der Waals surface area contributed by atoms with Crippen molar-refractivity contribution >= 4 is 27.2 Å². The number of hydrogen-bond donors (Lipinski definition) is 2. The zero-order valence-corrected chi connectivity index (χ0v) is 17.3. The van der Waals surface area contributed by atoms with Gasteiger partial charge in [-0.05, 0) is 55.8 Å². The molecule has 0 fully saturated rings. The van der Waals surface area contributed by atoms with Crippen LogP contribution >= 0.6 is 0 Å². The van der Waals surface area contributed by atoms with E-state index in [9.17, 15) is 8.42 Å². The summed E-state index contributed by atoms with van der Waals surface area (Å²) in [7, 11) is -3.66. The van der Waals surface area contributed by atoms with Gasteiger partial charge in [-0.25, -0.2) is 23.1 Å². The topological polar surface area (TPSA) is 102 Å². The molecule has 0 unspecified atom stereocenters. The monoisotopic (exact) mass is 420 g/mol. The average molecular weight is 420 g/mol. The molecule has 4 rings (SSSR count). The fourth-order valence-corrected chi connectivity index (χ4v) is 4.31. The second-order valence-electron chi connectivity index (χ2n) is 6.79. The number of sulfonamides is 1. The molecule has 30 heavy (non-hydrogen) atoms. The molecule has 2 heterocycles. The second-order valence-corrected chi connectivity index (χ2v) is 8.44. The lowest BCUT2D eigenvalue weighted by molar-refractivity contribution is 0.600. The van der Waals surface area contributed by atoms with E-state index in [0.29, 0.717) is 22.9 Å². The highest BCUT2D eigenvalue weighted by atomic mass is 32.2. The number of hydrogen-bond acceptors (Lipinski definition) is 6. The van der Waals surface area contributed by atoms with Gasteiger partial charge in [-0.15, -0.1) is 0 Å². The third kappa shape index (κ3) is 4.31. The summed E-state index contributed by atoms with van der Waals surface area (Å²) in [6.45, 7) is 3.71. The first-order chi connectivity index (χ1) is 14.4. The highest BCUT2D eigenvalue weighted by molar-refractivity contribution is 7.92. The first-order valence-electron chi connectivity index (χ1n) is 9.20. The summed E-state index contributed by atoms with van der Waals surface area (Å²) in [5.41, 5.74) is 2.95. The molecule has 9 heteroatoms. The van der Waals surface area contributed by atoms with E-state index < -0.39 is 10.0 Å². The minimum Gasteiger partial charge on any atom is -0.340 e. The number of aryl methyl sites for hydroxylation is 2. The number of anilines is 3. The molecule has 0 saturated heterocycles. The van der Waals surface area contributed by atoms with Crippen LogP contribution in [0.1, 0.15) is 11.1 Å². The normalized spacial score (nSPS) is 11.3. The summed E-state index contributed by atoms with van der Waals surface area (Å²) in [6, 6.07) is 15.8. The van der Waals surface area contributed by atoms with Gasteiger partial charge < -0.3 is 5.32 Å². The van der Waals surface area contributed by atoms with Crippen molar-refractivity contribution in [1.29, 1.82) is 0 Å². The Morgan fingerprint density at radius 2 is 1.70 bits per heavy atom. The molecule has 0 bridgehead atoms. The van der Waals surface area contributed by atoms with Crippen LogP contribution < -0.4 is 10.0 Å². The second kappa shape index (κ2) is 7.96. The average Bonchev–Trinajstić information content (AvgIpc) is 3.24. The van der Waals surface area contributed by atoms with E-state index in [-0.39, 0.29) is 4.90 Å². The third-order valence-electron chi connectivity index (χ3n) is 4.42. The number of nitrogens with zero attached hydrogens (tertiary/aromatic N) is 4. The molecule has 152 valence electrons. The van der Waals surface area contributed by atoms with Crippen molar-refractivity contribution in [3.63, 3.8) is 0 Å². The van der Waals surface area contributed by atoms with E-state index in [0.717, 1.165) is 11.3 Å². The molecule has 2 N–H and O–H groups in total. The number of aromatic nitrogens is 4. The minimum absolute atomic E-state index is 0.266. The summed E-state index contributed by atoms with van der Waals surface area (Å²) in [4.78, 5) is 8.67. The largest absolute Gasteiger partial charge is 0.340 e. The Labute approximate surface area is 174 Å². The van der Waals surface area contributed by atoms with Crippen molar-refractivity contribution in [3.8, 4) is 5.82 Å². The van der Waals surface area contributed by atoms with Crippen molar-refractivity contribution in [2.45, 2.75) is 18.7 Å². The summed E-state index contributed by atoms with van der Waals surface area (Å²) in [5.74, 6) is 1.23. The first-order valence-corrected chi connectivity index (χ1v) is 10.7. The Bertz CT molecular complexity index is 1270. The highest BCUT2D eigenvalue weighted by Gasteiger charge is 2.16. The van der Waals surface area contributed by atoms with Crippen LogP contribution in [-0.4, -0.2) is 28.2 Å². The standard InChI is InChI=1S/C21H20N6O2S/c1-15-4-9-19(16(2)12-15)30(28,29)26-18-7-5-17(6-8-18)25-20-13-21(23-14-22-20)27-11-3-10-24-27/h3-14,26H,1-2H3,(H,22,23,25). The Morgan fingerprint density at radius 1 is 0.933 bits per heavy atom. The van der Waals surface area contributed by atoms with Crippen LogP contribution in [0.15, 0.2) is 78.2 Å². The van der Waals surface area contributed by atoms with Crippen LogP contribution in [-0.2, 0) is 10.0 Å². The molecule has 2 aromatic carbocycles. The molecule has 4 aromatic rings. The quantitative estimate of drug-likeness (QED) is 0.492. The lowest BCUT2D eigenvalue weighted by Gasteiger charge is -2.12. The predicted octanol–water partition coefficient (Wildman–Crippen LogP) is 3.82. The summed E-state index contributed by atoms with van der Waals surface area (Å²) in [6.07, 6.45) is 4.92. The van der Waals surface area contributed by atoms with Crippen molar-refractivity contribution in [1.82, 2.24) is 19.7 Å². The summed E-state index contributed by atoms with van der Waals surface area (Å²) >= 11 is 0. The van der Waals surface area contributed by atoms with Crippen LogP contribution in [0, 0.1) is 13.8 Å². The van der Waals surface area contributed by atoms with E-state index in [4.69, 9.17) is 0 Å². The van der Waals surface area contributed by atoms with Crippen LogP contribution in [0.3, 0.4) is 0 Å². The molecule has 0 aliphatic rings. The van der Waals surface area contributed by atoms with Gasteiger partial charge in [0.15, 0.2) is 5.82 Å². The maximum absolute atomic E-state index is 12.7. The highest BCUT2D eigenvalue weighted by Crippen LogP contribution is 2.23. The minimum atomic E-state index is -3.66. The SMILES string of the molecule is Cc1ccc(S(=O)(=O)Nc2ccc(Nc3cc(-n4cccn4)ncn3)cc2)c(C)c1. The predicted molar refractivity (Wildman–Crippen MR) is 116 cm³/mol. The molecule has 0 aliphatic carbocycles. The molecule has 0 saturated carbocycles. The Hall–Kier alpha value is -3.72. The Balaban J connectivity index is 1.49. The molecule has 2 aromatic heterocycles. The smallest absolute Gasteiger partial charge is 0.262 e. The zero-order chi connectivity index (χ0) is 21.1. The molecule has 0 radical (unpaired) electrons. The van der Waals surface area contributed by atoms with E-state index in [1.54, 1.807) is 66.5 Å². The fraction of sp³-hybridized carbons (Fsp3) is 0.0952. The first kappa shape index (κ1) is 19.6. The van der Waals surface area contributed by atoms with Crippen LogP contribution in [0.25, 0.3) is 5.82 Å². The molecule has 0 atom stereocenters. The van der Waals surface area contributed by atoms with Crippen molar-refractivity contribution in [2.24, 2.45) is 0 Å². The molecule has 0 amide bonds. The van der Waals surface area contributed by atoms with Gasteiger partial charge in [0.2, 0.25) is 0 Å². The maximum Gasteiger partial charge on any atom is 0.262 e. The van der Waals surface area contributed by atoms with Crippen molar-refractivity contribution in [3.05, 3.63) is 84.4 Å². The fourth-order valence-electron chi connectivity index (χ4n) is 3.03. The summed E-state index contributed by atoms with van der Waals surface area (Å²) < 4.78 is 29.7. The van der Waals surface area contributed by atoms with Gasteiger partial charge in [0.1, 0.15) is 12.1 Å². The van der Waals surface area contributed by atoms with Crippen LogP contribution in [0.4, 0.5) is 17.2 Å². The van der Waals surface area contributed by atoms with Gasteiger partial charge in [0.25, 0.3) is 10.0 Å². The maximum atomic E-state index is 12.7. The van der Waals surface area contributed by atoms with Gasteiger partial charge >= 0.3 is 0 Å². The zero-order valence-electron chi connectivity index (χ0n) is 16.4. The van der Waals surface area contributed by atoms with E-state index in [1.807, 2.05) is 19.1 Å². The lowest BCUT2D eigenvalue weighted by atomic mass is 10.2. The van der Waals surface area contributed by atoms with Gasteiger partial charge in [-0.2, -0.15) is 5.10 Å². The van der Waals surface area contributed by atoms with Gasteiger partial charge in [0.05, 0.1) is 4.90 Å². The van der Waals surface area contributed by atoms with Crippen LogP contribution in [0.5, 0.6) is 0 Å². The number of nitrogens with one attached hydrogen (secondary N) is 2. The summed E-state index contributed by atoms with van der Waals surface area (Å²) in [5, 5.41) is 7.32. The van der Waals surface area contributed by atoms with E-state index in [2.05, 4.69) is 25.1 Å². The molecular weight excluding hydrogens is 400 g/mol. The van der Waals surface area contributed by atoms with Crippen LogP contribution in [0.2, 0.25) is 0 Å². The Morgan fingerprint density at radius 3 is 2.40 bits per heavy atom. The molecular formula is C21H20N6O2S. The van der Waals surface area contributed by atoms with Gasteiger partial charge in [-0.1, -0.05) is 17.7 Å². The Kier molecular flexibility index (Phi) is 5.20. The lowest BCUT2D eigenvalue weighted by Crippen LogP contribution is -2.14. The number of rotatable bonds is 6. The third-order valence-corrected chi connectivity index (χ3v) is 5.96. The van der Waals surface area contributed by atoms with Crippen molar-refractivity contribution in [2.75, 3.05) is 10.0 Å². The van der Waals surface area contributed by atoms with Gasteiger partial charge in [0, 0.05) is 29.8 Å². The number of benzene rings is 2. The molecule has 0 spiro atoms.